The van der Waals surface area contributed by atoms with Crippen molar-refractivity contribution in [3.05, 3.63) is 67.1 Å². The number of nitro benzene ring substituents is 1. The number of esters is 1. The second-order valence-electron chi connectivity index (χ2n) is 3.74. The number of non-ortho nitro benzene ring substituents is 1. The Morgan fingerprint density at radius 3 is 2.76 bits per heavy atom. The Morgan fingerprint density at radius 2 is 2.14 bits per heavy atom. The topological polar surface area (TPSA) is 87.9 Å². The first kappa shape index (κ1) is 14.5. The van der Waals surface area contributed by atoms with Gasteiger partial charge in [0.25, 0.3) is 5.69 Å². The third kappa shape index (κ3) is 4.59. The summed E-state index contributed by atoms with van der Waals surface area (Å²) >= 11 is 1.48. The van der Waals surface area contributed by atoms with Gasteiger partial charge in [-0.25, -0.2) is 4.79 Å². The Labute approximate surface area is 123 Å². The maximum atomic E-state index is 11.3. The number of benzene rings is 1. The van der Waals surface area contributed by atoms with E-state index in [4.69, 9.17) is 4.74 Å². The summed E-state index contributed by atoms with van der Waals surface area (Å²) in [5.41, 5.74) is 4.01. The minimum Gasteiger partial charge on any atom is -0.446 e. The van der Waals surface area contributed by atoms with Crippen molar-refractivity contribution in [2.75, 3.05) is 0 Å². The molecular weight excluding hydrogens is 294 g/mol. The van der Waals surface area contributed by atoms with Crippen LogP contribution in [0, 0.1) is 16.2 Å². The van der Waals surface area contributed by atoms with Gasteiger partial charge in [-0.15, -0.1) is 11.3 Å². The molecule has 1 aromatic carbocycles. The molecule has 106 valence electrons. The minimum atomic E-state index is -0.728. The van der Waals surface area contributed by atoms with Gasteiger partial charge in [0.15, 0.2) is 0 Å². The first-order valence-electron chi connectivity index (χ1n) is 5.75. The van der Waals surface area contributed by atoms with E-state index >= 15 is 0 Å². The number of ether oxygens (including phenoxy) is 1. The molecule has 8 heteroatoms. The lowest BCUT2D eigenvalue weighted by atomic mass is 10.3. The zero-order valence-corrected chi connectivity index (χ0v) is 11.4. The number of carbonyl (C=O) groups excluding carboxylic acids is 1. The van der Waals surface area contributed by atoms with Crippen LogP contribution in [0.25, 0.3) is 10.4 Å². The molecule has 0 spiro atoms. The predicted molar refractivity (Wildman–Crippen MR) is 77.5 cm³/mol. The van der Waals surface area contributed by atoms with Crippen molar-refractivity contribution in [3.63, 3.8) is 0 Å². The maximum Gasteiger partial charge on any atom is 0.459 e. The summed E-state index contributed by atoms with van der Waals surface area (Å²) < 4.78 is 4.89. The standard InChI is InChI=1S/C13H9N3O4S/c17-13(20-9-12-2-1-7-21-12)8-14-15-10-3-5-11(6-4-10)16(18)19/h1-7H,9H2. The molecule has 7 nitrogen and oxygen atoms in total. The molecule has 0 atom stereocenters. The van der Waals surface area contributed by atoms with Gasteiger partial charge in [-0.3, -0.25) is 15.5 Å². The first-order chi connectivity index (χ1) is 10.1. The van der Waals surface area contributed by atoms with E-state index < -0.39 is 10.9 Å². The van der Waals surface area contributed by atoms with Crippen LogP contribution in [0.1, 0.15) is 4.88 Å². The molecular formula is C13H9N3O4S. The minimum absolute atomic E-state index is 0.0442. The Hall–Kier alpha value is -2.92. The second kappa shape index (κ2) is 7.02. The zero-order chi connectivity index (χ0) is 15.1. The van der Waals surface area contributed by atoms with E-state index in [0.29, 0.717) is 5.69 Å². The molecule has 0 saturated heterocycles. The molecule has 0 aliphatic carbocycles. The number of nitro groups is 1. The molecule has 1 heterocycles. The molecule has 0 saturated carbocycles. The second-order valence-corrected chi connectivity index (χ2v) is 4.77. The number of carbonyl (C=O) groups is 1. The zero-order valence-electron chi connectivity index (χ0n) is 10.6. The van der Waals surface area contributed by atoms with Gasteiger partial charge in [0.2, 0.25) is 0 Å². The lowest BCUT2D eigenvalue weighted by Crippen LogP contribution is -1.99. The van der Waals surface area contributed by atoms with Gasteiger partial charge in [0, 0.05) is 17.0 Å². The molecule has 0 aliphatic rings. The average molecular weight is 303 g/mol. The number of hydrogen-bond acceptors (Lipinski definition) is 5. The number of hydrogen-bond donors (Lipinski definition) is 0. The Bertz CT molecular complexity index is 686. The average Bonchev–Trinajstić information content (AvgIpc) is 2.99. The monoisotopic (exact) mass is 303 g/mol. The smallest absolute Gasteiger partial charge is 0.446 e. The number of rotatable bonds is 4. The van der Waals surface area contributed by atoms with Gasteiger partial charge < -0.3 is 4.74 Å². The van der Waals surface area contributed by atoms with Crippen LogP contribution in [0.15, 0.2) is 41.8 Å². The van der Waals surface area contributed by atoms with E-state index in [9.17, 15) is 14.9 Å². The van der Waals surface area contributed by atoms with Gasteiger partial charge in [0.1, 0.15) is 6.61 Å². The van der Waals surface area contributed by atoms with Gasteiger partial charge in [-0.05, 0) is 11.4 Å². The van der Waals surface area contributed by atoms with E-state index in [1.54, 1.807) is 0 Å². The summed E-state index contributed by atoms with van der Waals surface area (Å²) in [6, 6.07) is 11.2. The maximum absolute atomic E-state index is 11.3. The van der Waals surface area contributed by atoms with Crippen molar-refractivity contribution in [2.45, 2.75) is 6.61 Å². The van der Waals surface area contributed by atoms with Gasteiger partial charge in [-0.1, -0.05) is 28.8 Å². The van der Waals surface area contributed by atoms with E-state index in [2.05, 4.69) is 16.4 Å². The Balaban J connectivity index is 1.82. The van der Waals surface area contributed by atoms with E-state index in [0.717, 1.165) is 4.88 Å². The number of thiophene rings is 1. The van der Waals surface area contributed by atoms with Crippen molar-refractivity contribution in [1.82, 2.24) is 0 Å². The fraction of sp³-hybridized carbons (Fsp3) is 0.0769. The molecule has 0 radical (unpaired) electrons. The summed E-state index contributed by atoms with van der Waals surface area (Å²) in [5, 5.41) is 12.3. The van der Waals surface area contributed by atoms with Gasteiger partial charge >= 0.3 is 12.0 Å². The van der Waals surface area contributed by atoms with Crippen molar-refractivity contribution in [1.29, 1.82) is 0 Å². The molecule has 1 aromatic heterocycles. The summed E-state index contributed by atoms with van der Waals surface area (Å²) in [5.74, 6) is -0.728. The molecule has 0 fully saturated rings. The van der Waals surface area contributed by atoms with Crippen molar-refractivity contribution < 1.29 is 14.5 Å². The summed E-state index contributed by atoms with van der Waals surface area (Å²) in [7, 11) is 0. The molecule has 0 unspecified atom stereocenters. The lowest BCUT2D eigenvalue weighted by Gasteiger charge is -1.99. The van der Waals surface area contributed by atoms with Crippen LogP contribution in [0.2, 0.25) is 0 Å². The van der Waals surface area contributed by atoms with Crippen LogP contribution >= 0.6 is 11.3 Å². The third-order valence-corrected chi connectivity index (χ3v) is 3.14. The highest BCUT2D eigenvalue weighted by Crippen LogP contribution is 2.21. The van der Waals surface area contributed by atoms with Crippen LogP contribution in [0.3, 0.4) is 0 Å². The number of nitrogens with zero attached hydrogens (tertiary/aromatic N) is 3. The fourth-order valence-corrected chi connectivity index (χ4v) is 1.94. The fourth-order valence-electron chi connectivity index (χ4n) is 1.33. The lowest BCUT2D eigenvalue weighted by molar-refractivity contribution is -0.384. The van der Waals surface area contributed by atoms with Gasteiger partial charge in [-0.2, -0.15) is 0 Å². The normalized spacial score (nSPS) is 9.33. The van der Waals surface area contributed by atoms with Crippen LogP contribution in [-0.2, 0) is 16.1 Å². The Kier molecular flexibility index (Phi) is 4.84. The van der Waals surface area contributed by atoms with E-state index in [-0.39, 0.29) is 12.3 Å². The van der Waals surface area contributed by atoms with E-state index in [1.165, 1.54) is 35.6 Å². The highest BCUT2D eigenvalue weighted by Gasteiger charge is 2.05. The summed E-state index contributed by atoms with van der Waals surface area (Å²) in [4.78, 5) is 25.6. The van der Waals surface area contributed by atoms with Gasteiger partial charge in [0.05, 0.1) is 4.92 Å². The molecule has 0 bridgehead atoms. The quantitative estimate of drug-likeness (QED) is 0.373. The summed E-state index contributed by atoms with van der Waals surface area (Å²) in [6.07, 6.45) is 0. The van der Waals surface area contributed by atoms with Crippen LogP contribution in [-0.4, -0.2) is 10.9 Å². The first-order valence-corrected chi connectivity index (χ1v) is 6.63. The van der Waals surface area contributed by atoms with Crippen molar-refractivity contribution >= 4 is 28.7 Å². The highest BCUT2D eigenvalue weighted by molar-refractivity contribution is 7.09. The highest BCUT2D eigenvalue weighted by atomic mass is 32.1. The molecule has 0 aliphatic heterocycles. The molecule has 0 amide bonds. The largest absolute Gasteiger partial charge is 0.459 e. The van der Waals surface area contributed by atoms with E-state index in [1.807, 2.05) is 17.5 Å². The third-order valence-electron chi connectivity index (χ3n) is 2.29. The summed E-state index contributed by atoms with van der Waals surface area (Å²) in [6.45, 7) is 0.163. The van der Waals surface area contributed by atoms with Crippen molar-refractivity contribution in [3.8, 4) is 6.07 Å². The van der Waals surface area contributed by atoms with Crippen LogP contribution in [0.5, 0.6) is 0 Å². The molecule has 21 heavy (non-hydrogen) atoms. The van der Waals surface area contributed by atoms with Crippen LogP contribution in [0.4, 0.5) is 11.4 Å². The molecule has 2 aromatic rings. The van der Waals surface area contributed by atoms with Crippen molar-refractivity contribution in [2.24, 2.45) is 0 Å². The Morgan fingerprint density at radius 1 is 1.38 bits per heavy atom. The molecule has 0 N–H and O–H groups in total. The SMILES string of the molecule is O=C(C#[N+][N-]c1ccc([N+](=O)[O-])cc1)OCc1cccs1. The molecule has 2 rings (SSSR count). The van der Waals surface area contributed by atoms with Crippen LogP contribution < -0.4 is 0 Å². The predicted octanol–water partition coefficient (Wildman–Crippen LogP) is 3.65.